The first-order valence-electron chi connectivity index (χ1n) is 5.97. The lowest BCUT2D eigenvalue weighted by atomic mass is 10.2. The normalized spacial score (nSPS) is 10.3. The highest BCUT2D eigenvalue weighted by molar-refractivity contribution is 9.10. The van der Waals surface area contributed by atoms with Crippen molar-refractivity contribution in [2.45, 2.75) is 16.2 Å². The number of aliphatic carboxylic acids is 1. The fraction of sp³-hybridized carbons (Fsp3) is 0.0667. The molecule has 0 atom stereocenters. The second kappa shape index (κ2) is 6.78. The minimum absolute atomic E-state index is 0.00377. The van der Waals surface area contributed by atoms with E-state index in [0.717, 1.165) is 15.4 Å². The van der Waals surface area contributed by atoms with Crippen LogP contribution < -0.4 is 0 Å². The van der Waals surface area contributed by atoms with Crippen LogP contribution in [0.4, 0.5) is 0 Å². The smallest absolute Gasteiger partial charge is 0.336 e. The molecule has 2 aromatic rings. The maximum atomic E-state index is 10.9. The second-order valence-electron chi connectivity index (χ2n) is 4.26. The molecule has 2 rings (SSSR count). The van der Waals surface area contributed by atoms with Crippen LogP contribution in [-0.4, -0.2) is 22.2 Å². The predicted octanol–water partition coefficient (Wildman–Crippen LogP) is 3.93. The van der Waals surface area contributed by atoms with Crippen LogP contribution >= 0.6 is 27.7 Å². The number of carboxylic acid groups (broad SMARTS) is 2. The molecule has 2 aromatic carbocycles. The Morgan fingerprint density at radius 1 is 1.00 bits per heavy atom. The topological polar surface area (TPSA) is 74.6 Å². The van der Waals surface area contributed by atoms with Crippen molar-refractivity contribution >= 4 is 39.6 Å². The molecule has 108 valence electrons. The molecule has 4 nitrogen and oxygen atoms in total. The second-order valence-corrected chi connectivity index (χ2v) is 6.26. The molecular formula is C15H11BrO4S. The number of carbonyl (C=O) groups is 2. The summed E-state index contributed by atoms with van der Waals surface area (Å²) < 4.78 is 0.530. The monoisotopic (exact) mass is 366 g/mol. The Labute approximate surface area is 133 Å². The summed E-state index contributed by atoms with van der Waals surface area (Å²) in [4.78, 5) is 23.4. The summed E-state index contributed by atoms with van der Waals surface area (Å²) >= 11 is 4.72. The molecule has 0 spiro atoms. The van der Waals surface area contributed by atoms with Crippen molar-refractivity contribution < 1.29 is 19.8 Å². The third kappa shape index (κ3) is 4.34. The molecule has 0 aromatic heterocycles. The summed E-state index contributed by atoms with van der Waals surface area (Å²) in [5, 5.41) is 17.7. The summed E-state index contributed by atoms with van der Waals surface area (Å²) in [5.74, 6) is -1.83. The third-order valence-corrected chi connectivity index (χ3v) is 4.34. The zero-order valence-electron chi connectivity index (χ0n) is 10.7. The van der Waals surface area contributed by atoms with E-state index in [-0.39, 0.29) is 12.0 Å². The van der Waals surface area contributed by atoms with Gasteiger partial charge in [0.15, 0.2) is 0 Å². The standard InChI is InChI=1S/C15H11BrO4S/c16-13-8-11(5-6-12(13)15(19)20)21-10-3-1-9(2-4-10)7-14(17)18/h1-6,8H,7H2,(H,17,18)(H,19,20). The van der Waals surface area contributed by atoms with Gasteiger partial charge in [0.25, 0.3) is 0 Å². The maximum Gasteiger partial charge on any atom is 0.336 e. The average Bonchev–Trinajstić information content (AvgIpc) is 2.40. The van der Waals surface area contributed by atoms with E-state index < -0.39 is 11.9 Å². The third-order valence-electron chi connectivity index (χ3n) is 2.69. The van der Waals surface area contributed by atoms with Crippen molar-refractivity contribution in [1.29, 1.82) is 0 Å². The number of hydrogen-bond acceptors (Lipinski definition) is 3. The summed E-state index contributed by atoms with van der Waals surface area (Å²) in [6.07, 6.45) is 0.00377. The summed E-state index contributed by atoms with van der Waals surface area (Å²) in [6, 6.07) is 12.3. The van der Waals surface area contributed by atoms with Crippen molar-refractivity contribution in [2.75, 3.05) is 0 Å². The molecule has 0 unspecified atom stereocenters. The highest BCUT2D eigenvalue weighted by Crippen LogP contribution is 2.31. The van der Waals surface area contributed by atoms with Crippen LogP contribution in [-0.2, 0) is 11.2 Å². The molecular weight excluding hydrogens is 356 g/mol. The predicted molar refractivity (Wildman–Crippen MR) is 83.0 cm³/mol. The fourth-order valence-corrected chi connectivity index (χ4v) is 3.28. The molecule has 0 aliphatic heterocycles. The number of aromatic carboxylic acids is 1. The quantitative estimate of drug-likeness (QED) is 0.838. The number of carboxylic acids is 2. The van der Waals surface area contributed by atoms with Crippen LogP contribution in [0.3, 0.4) is 0 Å². The maximum absolute atomic E-state index is 10.9. The first-order chi connectivity index (χ1) is 9.95. The van der Waals surface area contributed by atoms with Gasteiger partial charge in [0.05, 0.1) is 12.0 Å². The van der Waals surface area contributed by atoms with Crippen LogP contribution in [0.25, 0.3) is 0 Å². The summed E-state index contributed by atoms with van der Waals surface area (Å²) in [6.45, 7) is 0. The Kier molecular flexibility index (Phi) is 5.03. The van der Waals surface area contributed by atoms with Gasteiger partial charge in [0.1, 0.15) is 0 Å². The van der Waals surface area contributed by atoms with Crippen molar-refractivity contribution in [3.05, 3.63) is 58.1 Å². The largest absolute Gasteiger partial charge is 0.481 e. The van der Waals surface area contributed by atoms with E-state index in [1.807, 2.05) is 12.1 Å². The van der Waals surface area contributed by atoms with Crippen molar-refractivity contribution in [1.82, 2.24) is 0 Å². The van der Waals surface area contributed by atoms with Gasteiger partial charge in [-0.2, -0.15) is 0 Å². The SMILES string of the molecule is O=C(O)Cc1ccc(Sc2ccc(C(=O)O)c(Br)c2)cc1. The van der Waals surface area contributed by atoms with Crippen LogP contribution in [0.15, 0.2) is 56.7 Å². The number of hydrogen-bond donors (Lipinski definition) is 2. The van der Waals surface area contributed by atoms with E-state index in [2.05, 4.69) is 15.9 Å². The number of rotatable bonds is 5. The Bertz CT molecular complexity index is 683. The van der Waals surface area contributed by atoms with Crippen LogP contribution in [0.1, 0.15) is 15.9 Å². The van der Waals surface area contributed by atoms with Crippen molar-refractivity contribution in [3.63, 3.8) is 0 Å². The fourth-order valence-electron chi connectivity index (χ4n) is 1.72. The highest BCUT2D eigenvalue weighted by atomic mass is 79.9. The Balaban J connectivity index is 2.13. The van der Waals surface area contributed by atoms with Gasteiger partial charge in [-0.3, -0.25) is 4.79 Å². The van der Waals surface area contributed by atoms with Gasteiger partial charge in [0.2, 0.25) is 0 Å². The molecule has 0 aliphatic carbocycles. The average molecular weight is 367 g/mol. The molecule has 0 aliphatic rings. The van der Waals surface area contributed by atoms with Gasteiger partial charge in [-0.15, -0.1) is 0 Å². The van der Waals surface area contributed by atoms with Gasteiger partial charge in [0, 0.05) is 14.3 Å². The first kappa shape index (κ1) is 15.6. The van der Waals surface area contributed by atoms with Crippen molar-refractivity contribution in [2.24, 2.45) is 0 Å². The van der Waals surface area contributed by atoms with E-state index in [9.17, 15) is 9.59 Å². The van der Waals surface area contributed by atoms with E-state index in [1.165, 1.54) is 11.8 Å². The van der Waals surface area contributed by atoms with E-state index in [0.29, 0.717) is 4.47 Å². The number of benzene rings is 2. The van der Waals surface area contributed by atoms with E-state index >= 15 is 0 Å². The lowest BCUT2D eigenvalue weighted by Crippen LogP contribution is -1.99. The zero-order chi connectivity index (χ0) is 15.4. The summed E-state index contributed by atoms with van der Waals surface area (Å²) in [5.41, 5.74) is 0.963. The molecule has 0 heterocycles. The van der Waals surface area contributed by atoms with Crippen molar-refractivity contribution in [3.8, 4) is 0 Å². The molecule has 6 heteroatoms. The molecule has 0 fully saturated rings. The van der Waals surface area contributed by atoms with E-state index in [1.54, 1.807) is 30.3 Å². The van der Waals surface area contributed by atoms with E-state index in [4.69, 9.17) is 10.2 Å². The molecule has 0 radical (unpaired) electrons. The number of halogens is 1. The van der Waals surface area contributed by atoms with Crippen LogP contribution in [0, 0.1) is 0 Å². The molecule has 21 heavy (non-hydrogen) atoms. The van der Waals surface area contributed by atoms with Crippen LogP contribution in [0.2, 0.25) is 0 Å². The lowest BCUT2D eigenvalue weighted by molar-refractivity contribution is -0.136. The van der Waals surface area contributed by atoms with Crippen LogP contribution in [0.5, 0.6) is 0 Å². The lowest BCUT2D eigenvalue weighted by Gasteiger charge is -2.05. The van der Waals surface area contributed by atoms with Gasteiger partial charge in [-0.1, -0.05) is 23.9 Å². The van der Waals surface area contributed by atoms with Gasteiger partial charge >= 0.3 is 11.9 Å². The minimum Gasteiger partial charge on any atom is -0.481 e. The molecule has 0 saturated heterocycles. The first-order valence-corrected chi connectivity index (χ1v) is 7.58. The van der Waals surface area contributed by atoms with Gasteiger partial charge in [-0.25, -0.2) is 4.79 Å². The molecule has 0 amide bonds. The Morgan fingerprint density at radius 2 is 1.62 bits per heavy atom. The van der Waals surface area contributed by atoms with Gasteiger partial charge < -0.3 is 10.2 Å². The van der Waals surface area contributed by atoms with Gasteiger partial charge in [-0.05, 0) is 51.8 Å². The molecule has 0 bridgehead atoms. The Hall–Kier alpha value is -1.79. The molecule has 2 N–H and O–H groups in total. The highest BCUT2D eigenvalue weighted by Gasteiger charge is 2.09. The minimum atomic E-state index is -0.976. The Morgan fingerprint density at radius 3 is 2.14 bits per heavy atom. The zero-order valence-corrected chi connectivity index (χ0v) is 13.1. The molecule has 0 saturated carbocycles. The summed E-state index contributed by atoms with van der Waals surface area (Å²) in [7, 11) is 0.